The molecule has 1 saturated heterocycles. The van der Waals surface area contributed by atoms with Gasteiger partial charge in [0.05, 0.1) is 5.69 Å². The first-order chi connectivity index (χ1) is 11.2. The van der Waals surface area contributed by atoms with Gasteiger partial charge in [0.15, 0.2) is 0 Å². The lowest BCUT2D eigenvalue weighted by atomic mass is 10.2. The molecule has 0 N–H and O–H groups in total. The van der Waals surface area contributed by atoms with Gasteiger partial charge in [-0.1, -0.05) is 42.5 Å². The largest absolute Gasteiger partial charge is 0.297 e. The van der Waals surface area contributed by atoms with Crippen molar-refractivity contribution in [3.8, 4) is 0 Å². The van der Waals surface area contributed by atoms with E-state index in [1.807, 2.05) is 11.7 Å². The van der Waals surface area contributed by atoms with Crippen molar-refractivity contribution in [1.29, 1.82) is 0 Å². The number of rotatable bonds is 5. The molecule has 1 aromatic carbocycles. The van der Waals surface area contributed by atoms with Gasteiger partial charge in [-0.25, -0.2) is 0 Å². The number of hydrogen-bond acceptors (Lipinski definition) is 3. The fourth-order valence-corrected chi connectivity index (χ4v) is 3.08. The number of hydrogen-bond donors (Lipinski definition) is 0. The minimum absolute atomic E-state index is 1.02. The van der Waals surface area contributed by atoms with Crippen LogP contribution in [0, 0.1) is 6.92 Å². The van der Waals surface area contributed by atoms with Gasteiger partial charge < -0.3 is 0 Å². The van der Waals surface area contributed by atoms with E-state index in [2.05, 4.69) is 70.5 Å². The Morgan fingerprint density at radius 2 is 1.74 bits per heavy atom. The van der Waals surface area contributed by atoms with Crippen molar-refractivity contribution >= 4 is 6.08 Å². The average Bonchev–Trinajstić information content (AvgIpc) is 2.88. The number of nitrogens with zero attached hydrogens (tertiary/aromatic N) is 4. The average molecular weight is 310 g/mol. The van der Waals surface area contributed by atoms with E-state index in [9.17, 15) is 0 Å². The van der Waals surface area contributed by atoms with E-state index in [0.29, 0.717) is 0 Å². The molecule has 4 heteroatoms. The highest BCUT2D eigenvalue weighted by Crippen LogP contribution is 2.11. The Balaban J connectivity index is 1.43. The minimum Gasteiger partial charge on any atom is -0.297 e. The standard InChI is InChI=1S/C19H26N4/c1-17-19(15-21(2)20-17)16-23-13-11-22(12-14-23)10-6-9-18-7-4-3-5-8-18/h3-9,15H,10-14,16H2,1-2H3. The molecule has 122 valence electrons. The van der Waals surface area contributed by atoms with E-state index < -0.39 is 0 Å². The number of aryl methyl sites for hydroxylation is 2. The Labute approximate surface area is 139 Å². The molecular weight excluding hydrogens is 284 g/mol. The summed E-state index contributed by atoms with van der Waals surface area (Å²) in [5.74, 6) is 0. The van der Waals surface area contributed by atoms with E-state index in [4.69, 9.17) is 0 Å². The van der Waals surface area contributed by atoms with Gasteiger partial charge in [-0.3, -0.25) is 14.5 Å². The fourth-order valence-electron chi connectivity index (χ4n) is 3.08. The Morgan fingerprint density at radius 3 is 2.39 bits per heavy atom. The molecule has 0 saturated carbocycles. The highest BCUT2D eigenvalue weighted by molar-refractivity contribution is 5.48. The highest BCUT2D eigenvalue weighted by atomic mass is 15.3. The fraction of sp³-hybridized carbons (Fsp3) is 0.421. The molecule has 1 aromatic heterocycles. The second kappa shape index (κ2) is 7.57. The third kappa shape index (κ3) is 4.53. The van der Waals surface area contributed by atoms with Gasteiger partial charge in [-0.15, -0.1) is 0 Å². The summed E-state index contributed by atoms with van der Waals surface area (Å²) in [4.78, 5) is 5.05. The smallest absolute Gasteiger partial charge is 0.0638 e. The van der Waals surface area contributed by atoms with Crippen LogP contribution in [0.3, 0.4) is 0 Å². The van der Waals surface area contributed by atoms with Crippen LogP contribution in [-0.2, 0) is 13.6 Å². The molecule has 2 heterocycles. The molecule has 1 aliphatic heterocycles. The maximum absolute atomic E-state index is 4.43. The number of benzene rings is 1. The predicted octanol–water partition coefficient (Wildman–Crippen LogP) is 2.56. The molecule has 0 bridgehead atoms. The van der Waals surface area contributed by atoms with Crippen LogP contribution in [0.25, 0.3) is 6.08 Å². The molecule has 4 nitrogen and oxygen atoms in total. The van der Waals surface area contributed by atoms with Crippen LogP contribution < -0.4 is 0 Å². The van der Waals surface area contributed by atoms with Crippen molar-refractivity contribution in [3.63, 3.8) is 0 Å². The van der Waals surface area contributed by atoms with Gasteiger partial charge in [0.2, 0.25) is 0 Å². The third-order valence-corrected chi connectivity index (χ3v) is 4.45. The van der Waals surface area contributed by atoms with E-state index in [0.717, 1.165) is 45.0 Å². The van der Waals surface area contributed by atoms with Crippen LogP contribution in [0.5, 0.6) is 0 Å². The maximum Gasteiger partial charge on any atom is 0.0638 e. The third-order valence-electron chi connectivity index (χ3n) is 4.45. The lowest BCUT2D eigenvalue weighted by molar-refractivity contribution is 0.137. The Morgan fingerprint density at radius 1 is 1.04 bits per heavy atom. The summed E-state index contributed by atoms with van der Waals surface area (Å²) in [6, 6.07) is 10.5. The van der Waals surface area contributed by atoms with Crippen LogP contribution in [0.15, 0.2) is 42.6 Å². The molecule has 0 amide bonds. The molecule has 3 rings (SSSR count). The molecule has 0 radical (unpaired) electrons. The van der Waals surface area contributed by atoms with Crippen LogP contribution in [-0.4, -0.2) is 52.3 Å². The lowest BCUT2D eigenvalue weighted by Crippen LogP contribution is -2.45. The summed E-state index contributed by atoms with van der Waals surface area (Å²) < 4.78 is 1.91. The van der Waals surface area contributed by atoms with E-state index in [1.54, 1.807) is 0 Å². The van der Waals surface area contributed by atoms with Crippen molar-refractivity contribution in [2.75, 3.05) is 32.7 Å². The van der Waals surface area contributed by atoms with Crippen LogP contribution in [0.1, 0.15) is 16.8 Å². The van der Waals surface area contributed by atoms with Crippen molar-refractivity contribution in [3.05, 3.63) is 59.4 Å². The first-order valence-corrected chi connectivity index (χ1v) is 8.36. The summed E-state index contributed by atoms with van der Waals surface area (Å²) in [6.07, 6.45) is 6.63. The van der Waals surface area contributed by atoms with Gasteiger partial charge >= 0.3 is 0 Å². The SMILES string of the molecule is Cc1nn(C)cc1CN1CCN(CC=Cc2ccccc2)CC1. The minimum atomic E-state index is 1.02. The van der Waals surface area contributed by atoms with Crippen LogP contribution in [0.4, 0.5) is 0 Å². The first-order valence-electron chi connectivity index (χ1n) is 8.36. The molecule has 0 unspecified atom stereocenters. The van der Waals surface area contributed by atoms with Gasteiger partial charge in [0.1, 0.15) is 0 Å². The topological polar surface area (TPSA) is 24.3 Å². The first kappa shape index (κ1) is 16.0. The van der Waals surface area contributed by atoms with E-state index >= 15 is 0 Å². The summed E-state index contributed by atoms with van der Waals surface area (Å²) >= 11 is 0. The van der Waals surface area contributed by atoms with Gasteiger partial charge in [-0.05, 0) is 12.5 Å². The molecule has 0 spiro atoms. The van der Waals surface area contributed by atoms with Crippen molar-refractivity contribution in [2.45, 2.75) is 13.5 Å². The van der Waals surface area contributed by atoms with E-state index in [-0.39, 0.29) is 0 Å². The zero-order chi connectivity index (χ0) is 16.1. The molecule has 0 atom stereocenters. The highest BCUT2D eigenvalue weighted by Gasteiger charge is 2.17. The van der Waals surface area contributed by atoms with Crippen molar-refractivity contribution in [1.82, 2.24) is 19.6 Å². The second-order valence-corrected chi connectivity index (χ2v) is 6.30. The summed E-state index contributed by atoms with van der Waals surface area (Å²) in [5.41, 5.74) is 3.78. The van der Waals surface area contributed by atoms with Crippen LogP contribution in [0.2, 0.25) is 0 Å². The van der Waals surface area contributed by atoms with Gasteiger partial charge in [0.25, 0.3) is 0 Å². The van der Waals surface area contributed by atoms with Crippen molar-refractivity contribution < 1.29 is 0 Å². The van der Waals surface area contributed by atoms with Crippen molar-refractivity contribution in [2.24, 2.45) is 7.05 Å². The molecule has 2 aromatic rings. The predicted molar refractivity (Wildman–Crippen MR) is 95.1 cm³/mol. The Kier molecular flexibility index (Phi) is 5.26. The molecule has 1 fully saturated rings. The zero-order valence-electron chi connectivity index (χ0n) is 14.2. The van der Waals surface area contributed by atoms with E-state index in [1.165, 1.54) is 11.1 Å². The molecule has 23 heavy (non-hydrogen) atoms. The normalized spacial score (nSPS) is 17.1. The van der Waals surface area contributed by atoms with Gasteiger partial charge in [0, 0.05) is 58.1 Å². The zero-order valence-corrected chi connectivity index (χ0v) is 14.2. The molecule has 0 aliphatic carbocycles. The summed E-state index contributed by atoms with van der Waals surface area (Å²) in [6.45, 7) is 8.69. The number of piperazine rings is 1. The van der Waals surface area contributed by atoms with Gasteiger partial charge in [-0.2, -0.15) is 5.10 Å². The second-order valence-electron chi connectivity index (χ2n) is 6.30. The van der Waals surface area contributed by atoms with Crippen LogP contribution >= 0.6 is 0 Å². The Hall–Kier alpha value is -1.91. The quantitative estimate of drug-likeness (QED) is 0.848. The molecule has 1 aliphatic rings. The summed E-state index contributed by atoms with van der Waals surface area (Å²) in [7, 11) is 1.99. The monoisotopic (exact) mass is 310 g/mol. The Bertz CT molecular complexity index is 637. The lowest BCUT2D eigenvalue weighted by Gasteiger charge is -2.34. The number of aromatic nitrogens is 2. The summed E-state index contributed by atoms with van der Waals surface area (Å²) in [5, 5.41) is 4.43. The maximum atomic E-state index is 4.43. The molecular formula is C19H26N4.